The van der Waals surface area contributed by atoms with Crippen LogP contribution >= 0.6 is 0 Å². The molecule has 2 amide bonds. The first-order chi connectivity index (χ1) is 13.7. The number of hydrogen-bond acceptors (Lipinski definition) is 3. The average molecular weight is 371 g/mol. The minimum Gasteiger partial charge on any atom is -0.430 e. The lowest BCUT2D eigenvalue weighted by Crippen LogP contribution is -2.40. The third kappa shape index (κ3) is 2.78. The summed E-state index contributed by atoms with van der Waals surface area (Å²) >= 11 is 0. The fourth-order valence-corrected chi connectivity index (χ4v) is 3.94. The molecule has 0 radical (unpaired) electrons. The van der Waals surface area contributed by atoms with Crippen LogP contribution in [-0.2, 0) is 15.1 Å². The van der Waals surface area contributed by atoms with Crippen LogP contribution in [0.5, 0.6) is 0 Å². The summed E-state index contributed by atoms with van der Waals surface area (Å²) in [4.78, 5) is 27.1. The molecular weight excluding hydrogens is 350 g/mol. The van der Waals surface area contributed by atoms with E-state index in [1.54, 1.807) is 6.92 Å². The molecule has 1 heterocycles. The Morgan fingerprint density at radius 3 is 1.79 bits per heavy atom. The van der Waals surface area contributed by atoms with Gasteiger partial charge in [-0.15, -0.1) is 0 Å². The second kappa shape index (κ2) is 7.31. The number of nitrogens with zero attached hydrogens (tertiary/aromatic N) is 1. The van der Waals surface area contributed by atoms with Crippen molar-refractivity contribution in [2.24, 2.45) is 0 Å². The number of carbonyl (C=O) groups excluding carboxylic acids is 2. The van der Waals surface area contributed by atoms with Crippen LogP contribution in [0.2, 0.25) is 0 Å². The van der Waals surface area contributed by atoms with E-state index in [1.165, 1.54) is 4.90 Å². The van der Waals surface area contributed by atoms with Gasteiger partial charge in [0, 0.05) is 17.5 Å². The van der Waals surface area contributed by atoms with E-state index in [2.05, 4.69) is 0 Å². The fraction of sp³-hybridized carbons (Fsp3) is 0.167. The van der Waals surface area contributed by atoms with Gasteiger partial charge >= 0.3 is 6.09 Å². The van der Waals surface area contributed by atoms with E-state index in [9.17, 15) is 9.59 Å². The first kappa shape index (κ1) is 18.0. The van der Waals surface area contributed by atoms with Crippen molar-refractivity contribution in [3.8, 4) is 0 Å². The SMILES string of the molecule is CCC(=O)N1C(=O)OC(c2ccccc2)(c2ccccc2)[C@H]1c1ccccc1. The smallest absolute Gasteiger partial charge is 0.418 e. The number of carbonyl (C=O) groups is 2. The highest BCUT2D eigenvalue weighted by Crippen LogP contribution is 2.52. The zero-order valence-electron chi connectivity index (χ0n) is 15.6. The van der Waals surface area contributed by atoms with Crippen molar-refractivity contribution in [2.45, 2.75) is 25.0 Å². The molecule has 1 aliphatic rings. The number of amides is 2. The predicted octanol–water partition coefficient (Wildman–Crippen LogP) is 5.06. The van der Waals surface area contributed by atoms with Crippen molar-refractivity contribution >= 4 is 12.0 Å². The van der Waals surface area contributed by atoms with Crippen LogP contribution in [0, 0.1) is 0 Å². The molecule has 1 atom stereocenters. The van der Waals surface area contributed by atoms with Crippen molar-refractivity contribution in [3.05, 3.63) is 108 Å². The molecule has 4 nitrogen and oxygen atoms in total. The molecule has 0 spiro atoms. The van der Waals surface area contributed by atoms with Gasteiger partial charge in [-0.3, -0.25) is 4.79 Å². The summed E-state index contributed by atoms with van der Waals surface area (Å²) in [6.07, 6.45) is -0.397. The molecule has 0 N–H and O–H groups in total. The standard InChI is InChI=1S/C24H21NO3/c1-2-21(26)25-22(18-12-6-3-7-13-18)24(28-23(25)27,19-14-8-4-9-15-19)20-16-10-5-11-17-20/h3-17,22H,2H2,1H3/t22-/m1/s1. The molecule has 0 aromatic heterocycles. The molecule has 28 heavy (non-hydrogen) atoms. The van der Waals surface area contributed by atoms with Gasteiger partial charge in [0.15, 0.2) is 5.60 Å². The van der Waals surface area contributed by atoms with Gasteiger partial charge in [0.2, 0.25) is 5.91 Å². The summed E-state index contributed by atoms with van der Waals surface area (Å²) in [6, 6.07) is 28.3. The Labute approximate surface area is 164 Å². The van der Waals surface area contributed by atoms with E-state index in [4.69, 9.17) is 4.74 Å². The number of imide groups is 1. The highest BCUT2D eigenvalue weighted by molar-refractivity contribution is 5.94. The van der Waals surface area contributed by atoms with E-state index in [0.29, 0.717) is 0 Å². The maximum Gasteiger partial charge on any atom is 0.418 e. The van der Waals surface area contributed by atoms with Crippen LogP contribution in [0.25, 0.3) is 0 Å². The highest BCUT2D eigenvalue weighted by atomic mass is 16.6. The normalized spacial score (nSPS) is 18.0. The molecular formula is C24H21NO3. The van der Waals surface area contributed by atoms with Crippen molar-refractivity contribution in [1.29, 1.82) is 0 Å². The van der Waals surface area contributed by atoms with Crippen LogP contribution < -0.4 is 0 Å². The van der Waals surface area contributed by atoms with Crippen LogP contribution in [-0.4, -0.2) is 16.9 Å². The Morgan fingerprint density at radius 1 is 0.857 bits per heavy atom. The zero-order chi connectivity index (χ0) is 19.6. The minimum atomic E-state index is -1.12. The van der Waals surface area contributed by atoms with Gasteiger partial charge in [0.05, 0.1) is 0 Å². The van der Waals surface area contributed by atoms with Gasteiger partial charge in [0.1, 0.15) is 6.04 Å². The van der Waals surface area contributed by atoms with Gasteiger partial charge in [0.25, 0.3) is 0 Å². The maximum absolute atomic E-state index is 13.0. The number of benzene rings is 3. The van der Waals surface area contributed by atoms with E-state index >= 15 is 0 Å². The quantitative estimate of drug-likeness (QED) is 0.644. The number of cyclic esters (lactones) is 1. The molecule has 0 aliphatic carbocycles. The first-order valence-electron chi connectivity index (χ1n) is 9.39. The zero-order valence-corrected chi connectivity index (χ0v) is 15.6. The predicted molar refractivity (Wildman–Crippen MR) is 106 cm³/mol. The van der Waals surface area contributed by atoms with Crippen LogP contribution in [0.15, 0.2) is 91.0 Å². The lowest BCUT2D eigenvalue weighted by molar-refractivity contribution is -0.129. The van der Waals surface area contributed by atoms with Crippen LogP contribution in [0.1, 0.15) is 36.1 Å². The Bertz CT molecular complexity index is 931. The largest absolute Gasteiger partial charge is 0.430 e. The molecule has 0 unspecified atom stereocenters. The summed E-state index contributed by atoms with van der Waals surface area (Å²) in [6.45, 7) is 1.75. The van der Waals surface area contributed by atoms with Crippen molar-refractivity contribution in [2.75, 3.05) is 0 Å². The van der Waals surface area contributed by atoms with Gasteiger partial charge in [-0.25, -0.2) is 9.69 Å². The minimum absolute atomic E-state index is 0.220. The van der Waals surface area contributed by atoms with Gasteiger partial charge < -0.3 is 4.74 Å². The lowest BCUT2D eigenvalue weighted by atomic mass is 9.77. The maximum atomic E-state index is 13.0. The van der Waals surface area contributed by atoms with Gasteiger partial charge in [-0.1, -0.05) is 97.9 Å². The third-order valence-electron chi connectivity index (χ3n) is 5.18. The lowest BCUT2D eigenvalue weighted by Gasteiger charge is -2.35. The molecule has 1 saturated heterocycles. The molecule has 0 saturated carbocycles. The summed E-state index contributed by atoms with van der Waals surface area (Å²) < 4.78 is 6.09. The second-order valence-corrected chi connectivity index (χ2v) is 6.77. The monoisotopic (exact) mass is 371 g/mol. The van der Waals surface area contributed by atoms with E-state index in [1.807, 2.05) is 91.0 Å². The molecule has 3 aromatic carbocycles. The van der Waals surface area contributed by atoms with Gasteiger partial charge in [-0.2, -0.15) is 0 Å². The van der Waals surface area contributed by atoms with E-state index in [0.717, 1.165) is 16.7 Å². The third-order valence-corrected chi connectivity index (χ3v) is 5.18. The Hall–Kier alpha value is -3.40. The molecule has 4 rings (SSSR count). The molecule has 0 bridgehead atoms. The number of rotatable bonds is 4. The first-order valence-corrected chi connectivity index (χ1v) is 9.39. The molecule has 1 fully saturated rings. The Kier molecular flexibility index (Phi) is 4.70. The molecule has 140 valence electrons. The number of ether oxygens (including phenoxy) is 1. The summed E-state index contributed by atoms with van der Waals surface area (Å²) in [5, 5.41) is 0. The fourth-order valence-electron chi connectivity index (χ4n) is 3.94. The van der Waals surface area contributed by atoms with Crippen molar-refractivity contribution in [3.63, 3.8) is 0 Å². The number of hydrogen-bond donors (Lipinski definition) is 0. The highest BCUT2D eigenvalue weighted by Gasteiger charge is 2.58. The summed E-state index contributed by atoms with van der Waals surface area (Å²) in [7, 11) is 0. The van der Waals surface area contributed by atoms with Crippen LogP contribution in [0.3, 0.4) is 0 Å². The van der Waals surface area contributed by atoms with Crippen molar-refractivity contribution < 1.29 is 14.3 Å². The topological polar surface area (TPSA) is 46.6 Å². The summed E-state index contributed by atoms with van der Waals surface area (Å²) in [5.41, 5.74) is 1.39. The van der Waals surface area contributed by atoms with Crippen molar-refractivity contribution in [1.82, 2.24) is 4.90 Å². The van der Waals surface area contributed by atoms with E-state index in [-0.39, 0.29) is 12.3 Å². The second-order valence-electron chi connectivity index (χ2n) is 6.77. The molecule has 3 aromatic rings. The Morgan fingerprint density at radius 2 is 1.32 bits per heavy atom. The molecule has 4 heteroatoms. The molecule has 1 aliphatic heterocycles. The van der Waals surface area contributed by atoms with Crippen LogP contribution in [0.4, 0.5) is 4.79 Å². The van der Waals surface area contributed by atoms with Gasteiger partial charge in [-0.05, 0) is 5.56 Å². The Balaban J connectivity index is 2.03. The summed E-state index contributed by atoms with van der Waals surface area (Å²) in [5.74, 6) is -0.257. The van der Waals surface area contributed by atoms with E-state index < -0.39 is 17.7 Å². The average Bonchev–Trinajstić information content (AvgIpc) is 3.09.